The molecule has 0 fully saturated rings. The fourth-order valence-corrected chi connectivity index (χ4v) is 3.77. The third kappa shape index (κ3) is 11.0. The monoisotopic (exact) mass is 384 g/mol. The lowest BCUT2D eigenvalue weighted by Crippen LogP contribution is -2.45. The molecule has 1 N–H and O–H groups in total. The van der Waals surface area contributed by atoms with Gasteiger partial charge in [0, 0.05) is 26.4 Å². The number of esters is 1. The van der Waals surface area contributed by atoms with E-state index in [1.54, 1.807) is 0 Å². The van der Waals surface area contributed by atoms with Crippen molar-refractivity contribution in [1.29, 1.82) is 0 Å². The molecule has 5 heteroatoms. The van der Waals surface area contributed by atoms with E-state index in [-0.39, 0.29) is 23.7 Å². The first-order chi connectivity index (χ1) is 12.0. The van der Waals surface area contributed by atoms with Gasteiger partial charge in [-0.25, -0.2) is 0 Å². The van der Waals surface area contributed by atoms with Crippen molar-refractivity contribution >= 4 is 14.3 Å². The predicted molar refractivity (Wildman–Crippen MR) is 110 cm³/mol. The minimum Gasteiger partial charge on any atom is -0.449 e. The minimum atomic E-state index is -1.96. The zero-order valence-corrected chi connectivity index (χ0v) is 19.0. The van der Waals surface area contributed by atoms with Crippen molar-refractivity contribution in [3.05, 3.63) is 0 Å². The van der Waals surface area contributed by atoms with E-state index in [0.717, 1.165) is 12.8 Å². The van der Waals surface area contributed by atoms with E-state index >= 15 is 0 Å². The number of hydrogen-bond acceptors (Lipinski definition) is 4. The van der Waals surface area contributed by atoms with Gasteiger partial charge in [-0.1, -0.05) is 58.8 Å². The predicted octanol–water partition coefficient (Wildman–Crippen LogP) is 5.05. The van der Waals surface area contributed by atoms with Crippen molar-refractivity contribution in [2.24, 2.45) is 0 Å². The van der Waals surface area contributed by atoms with Crippen LogP contribution in [0.3, 0.4) is 0 Å². The van der Waals surface area contributed by atoms with Gasteiger partial charge in [0.05, 0.1) is 6.10 Å². The molecular weight excluding hydrogens is 344 g/mol. The second-order valence-electron chi connectivity index (χ2n) is 8.48. The first kappa shape index (κ1) is 25.2. The molecule has 0 aliphatic heterocycles. The molecule has 152 valence electrons. The van der Waals surface area contributed by atoms with Crippen molar-refractivity contribution in [1.82, 2.24) is 0 Å². The molecule has 2 atom stereocenters. The maximum absolute atomic E-state index is 11.4. The number of aliphatic hydroxyl groups excluding tert-OH is 1. The van der Waals surface area contributed by atoms with E-state index < -0.39 is 14.4 Å². The van der Waals surface area contributed by atoms with E-state index in [0.29, 0.717) is 12.8 Å². The molecule has 0 amide bonds. The van der Waals surface area contributed by atoms with Crippen LogP contribution >= 0.6 is 0 Å². The molecule has 0 radical (unpaired) electrons. The average molecular weight is 385 g/mol. The molecule has 0 saturated carbocycles. The third-order valence-electron chi connectivity index (χ3n) is 4.92. The van der Waals surface area contributed by atoms with E-state index in [1.807, 2.05) is 0 Å². The standard InChI is InChI=1S/C21H40O4Si/c1-8-9-10-11-12-13-14-19(24-18(2)23)17-20(15-16-22)25-26(6,7)21(3,4)5/h19-20,22H,8-12,15-17H2,1-7H3/t19-,20+/m0/s1. The van der Waals surface area contributed by atoms with Crippen LogP contribution in [0.5, 0.6) is 0 Å². The average Bonchev–Trinajstić information content (AvgIpc) is 2.48. The molecule has 0 aromatic heterocycles. The van der Waals surface area contributed by atoms with Gasteiger partial charge in [0.15, 0.2) is 14.4 Å². The fourth-order valence-electron chi connectivity index (χ4n) is 2.36. The van der Waals surface area contributed by atoms with Crippen molar-refractivity contribution in [3.63, 3.8) is 0 Å². The lowest BCUT2D eigenvalue weighted by molar-refractivity contribution is -0.144. The summed E-state index contributed by atoms with van der Waals surface area (Å²) >= 11 is 0. The lowest BCUT2D eigenvalue weighted by atomic mass is 10.1. The van der Waals surface area contributed by atoms with Crippen LogP contribution < -0.4 is 0 Å². The highest BCUT2D eigenvalue weighted by molar-refractivity contribution is 6.74. The largest absolute Gasteiger partial charge is 0.449 e. The molecule has 0 aliphatic rings. The molecule has 0 spiro atoms. The van der Waals surface area contributed by atoms with Crippen LogP contribution in [0.2, 0.25) is 18.1 Å². The highest BCUT2D eigenvalue weighted by Crippen LogP contribution is 2.38. The molecule has 0 aliphatic carbocycles. The van der Waals surface area contributed by atoms with E-state index in [9.17, 15) is 9.90 Å². The summed E-state index contributed by atoms with van der Waals surface area (Å²) in [6.07, 6.45) is 5.94. The van der Waals surface area contributed by atoms with Crippen molar-refractivity contribution in [2.75, 3.05) is 6.61 Å². The number of ether oxygens (including phenoxy) is 1. The molecule has 0 unspecified atom stereocenters. The van der Waals surface area contributed by atoms with Gasteiger partial charge in [-0.2, -0.15) is 0 Å². The topological polar surface area (TPSA) is 55.8 Å². The SMILES string of the molecule is CCCCCCC#C[C@@H](C[C@@H](CCO)O[Si](C)(C)C(C)(C)C)OC(C)=O. The number of rotatable bonds is 11. The van der Waals surface area contributed by atoms with Crippen LogP contribution in [0.1, 0.15) is 79.6 Å². The maximum Gasteiger partial charge on any atom is 0.303 e. The molecule has 0 aromatic carbocycles. The van der Waals surface area contributed by atoms with Crippen molar-refractivity contribution < 1.29 is 19.1 Å². The minimum absolute atomic E-state index is 0.0521. The quantitative estimate of drug-likeness (QED) is 0.234. The molecule has 0 rings (SSSR count). The van der Waals surface area contributed by atoms with Crippen LogP contribution in [0.4, 0.5) is 0 Å². The Balaban J connectivity index is 4.94. The Hall–Kier alpha value is -0.833. The normalized spacial score (nSPS) is 14.3. The third-order valence-corrected chi connectivity index (χ3v) is 9.46. The Morgan fingerprint density at radius 2 is 1.85 bits per heavy atom. The highest BCUT2D eigenvalue weighted by atomic mass is 28.4. The summed E-state index contributed by atoms with van der Waals surface area (Å²) in [7, 11) is -1.96. The Bertz CT molecular complexity index is 457. The van der Waals surface area contributed by atoms with Gasteiger partial charge in [-0.05, 0) is 31.0 Å². The summed E-state index contributed by atoms with van der Waals surface area (Å²) < 4.78 is 11.8. The molecular formula is C21H40O4Si. The summed E-state index contributed by atoms with van der Waals surface area (Å²) in [5.41, 5.74) is 0. The van der Waals surface area contributed by atoms with Crippen LogP contribution in [0.25, 0.3) is 0 Å². The van der Waals surface area contributed by atoms with E-state index in [1.165, 1.54) is 26.2 Å². The van der Waals surface area contributed by atoms with E-state index in [2.05, 4.69) is 52.6 Å². The Kier molecular flexibility index (Phi) is 12.1. The number of carbonyl (C=O) groups excluding carboxylic acids is 1. The van der Waals surface area contributed by atoms with Crippen LogP contribution in [0.15, 0.2) is 0 Å². The second kappa shape index (κ2) is 12.5. The van der Waals surface area contributed by atoms with E-state index in [4.69, 9.17) is 9.16 Å². The lowest BCUT2D eigenvalue weighted by Gasteiger charge is -2.39. The van der Waals surface area contributed by atoms with Gasteiger partial charge in [0.1, 0.15) is 0 Å². The van der Waals surface area contributed by atoms with Gasteiger partial charge in [0.25, 0.3) is 0 Å². The van der Waals surface area contributed by atoms with Crippen molar-refractivity contribution in [3.8, 4) is 11.8 Å². The first-order valence-electron chi connectivity index (χ1n) is 9.97. The van der Waals surface area contributed by atoms with Crippen LogP contribution in [-0.4, -0.2) is 38.2 Å². The van der Waals surface area contributed by atoms with Gasteiger partial charge in [-0.15, -0.1) is 0 Å². The summed E-state index contributed by atoms with van der Waals surface area (Å²) in [6, 6.07) is 0. The molecule has 0 heterocycles. The molecule has 26 heavy (non-hydrogen) atoms. The molecule has 0 saturated heterocycles. The van der Waals surface area contributed by atoms with Gasteiger partial charge in [-0.3, -0.25) is 4.79 Å². The molecule has 0 aromatic rings. The molecule has 4 nitrogen and oxygen atoms in total. The second-order valence-corrected chi connectivity index (χ2v) is 13.2. The number of hydrogen-bond donors (Lipinski definition) is 1. The first-order valence-corrected chi connectivity index (χ1v) is 12.9. The van der Waals surface area contributed by atoms with Crippen LogP contribution in [0, 0.1) is 11.8 Å². The Morgan fingerprint density at radius 1 is 1.19 bits per heavy atom. The van der Waals surface area contributed by atoms with Gasteiger partial charge < -0.3 is 14.3 Å². The van der Waals surface area contributed by atoms with Gasteiger partial charge in [0.2, 0.25) is 0 Å². The number of carbonyl (C=O) groups is 1. The molecule has 0 bridgehead atoms. The zero-order chi connectivity index (χ0) is 20.2. The zero-order valence-electron chi connectivity index (χ0n) is 18.0. The van der Waals surface area contributed by atoms with Gasteiger partial charge >= 0.3 is 5.97 Å². The summed E-state index contributed by atoms with van der Waals surface area (Å²) in [5.74, 6) is 5.93. The number of unbranched alkanes of at least 4 members (excludes halogenated alkanes) is 4. The highest BCUT2D eigenvalue weighted by Gasteiger charge is 2.39. The summed E-state index contributed by atoms with van der Waals surface area (Å²) in [6.45, 7) is 14.6. The summed E-state index contributed by atoms with van der Waals surface area (Å²) in [4.78, 5) is 11.4. The Morgan fingerprint density at radius 3 is 2.35 bits per heavy atom. The fraction of sp³-hybridized carbons (Fsp3) is 0.857. The van der Waals surface area contributed by atoms with Crippen LogP contribution in [-0.2, 0) is 14.0 Å². The van der Waals surface area contributed by atoms with Crippen molar-refractivity contribution in [2.45, 2.75) is 110 Å². The number of aliphatic hydroxyl groups is 1. The maximum atomic E-state index is 11.4. The Labute approximate surface area is 162 Å². The smallest absolute Gasteiger partial charge is 0.303 e. The summed E-state index contributed by atoms with van der Waals surface area (Å²) in [5, 5.41) is 9.51.